The molecule has 0 saturated carbocycles. The Hall–Kier alpha value is -1.91. The smallest absolute Gasteiger partial charge is 0.338 e. The van der Waals surface area contributed by atoms with Crippen molar-refractivity contribution in [3.8, 4) is 0 Å². The van der Waals surface area contributed by atoms with E-state index in [0.717, 1.165) is 11.8 Å². The second-order valence-corrected chi connectivity index (χ2v) is 3.43. The highest BCUT2D eigenvalue weighted by molar-refractivity contribution is 5.87. The molecule has 0 heterocycles. The predicted octanol–water partition coefficient (Wildman–Crippen LogP) is 2.44. The first-order valence-electron chi connectivity index (χ1n) is 4.65. The van der Waals surface area contributed by atoms with E-state index in [4.69, 9.17) is 9.94 Å². The number of rotatable bonds is 4. The molecule has 0 unspecified atom stereocenters. The molecule has 1 aromatic rings. The Morgan fingerprint density at radius 1 is 1.50 bits per heavy atom. The van der Waals surface area contributed by atoms with Crippen LogP contribution in [0.4, 0.5) is 4.39 Å². The van der Waals surface area contributed by atoms with E-state index in [2.05, 4.69) is 5.16 Å². The molecule has 0 saturated heterocycles. The van der Waals surface area contributed by atoms with Crippen molar-refractivity contribution in [3.63, 3.8) is 0 Å². The number of hydrogen-bond donors (Lipinski definition) is 1. The van der Waals surface area contributed by atoms with E-state index < -0.39 is 11.8 Å². The number of carbonyl (C=O) groups is 1. The summed E-state index contributed by atoms with van der Waals surface area (Å²) in [6.07, 6.45) is 0. The third-order valence-corrected chi connectivity index (χ3v) is 1.74. The summed E-state index contributed by atoms with van der Waals surface area (Å²) in [5.74, 6) is -2.06. The summed E-state index contributed by atoms with van der Waals surface area (Å²) in [7, 11) is 0. The lowest BCUT2D eigenvalue weighted by Gasteiger charge is -2.02. The minimum absolute atomic E-state index is 0.113. The topological polar surface area (TPSA) is 58.9 Å². The molecule has 0 fully saturated rings. The number of carboxylic acid groups (broad SMARTS) is 1. The molecular formula is C11H12FNO3. The van der Waals surface area contributed by atoms with Crippen molar-refractivity contribution < 1.29 is 19.1 Å². The maximum Gasteiger partial charge on any atom is 0.338 e. The van der Waals surface area contributed by atoms with Crippen molar-refractivity contribution in [2.45, 2.75) is 20.5 Å². The van der Waals surface area contributed by atoms with E-state index in [1.165, 1.54) is 12.1 Å². The molecule has 86 valence electrons. The van der Waals surface area contributed by atoms with E-state index in [9.17, 15) is 9.18 Å². The molecule has 0 amide bonds. The zero-order valence-electron chi connectivity index (χ0n) is 9.03. The molecule has 0 radical (unpaired) electrons. The molecule has 5 heteroatoms. The predicted molar refractivity (Wildman–Crippen MR) is 56.9 cm³/mol. The van der Waals surface area contributed by atoms with Gasteiger partial charge < -0.3 is 9.94 Å². The first-order chi connectivity index (χ1) is 7.50. The van der Waals surface area contributed by atoms with Crippen LogP contribution in [-0.4, -0.2) is 16.8 Å². The van der Waals surface area contributed by atoms with Gasteiger partial charge >= 0.3 is 5.97 Å². The molecule has 0 aliphatic rings. The van der Waals surface area contributed by atoms with Gasteiger partial charge in [-0.15, -0.1) is 0 Å². The van der Waals surface area contributed by atoms with Crippen LogP contribution in [0.2, 0.25) is 0 Å². The van der Waals surface area contributed by atoms with Gasteiger partial charge in [0, 0.05) is 0 Å². The van der Waals surface area contributed by atoms with Gasteiger partial charge in [0.15, 0.2) is 0 Å². The molecule has 0 atom stereocenters. The van der Waals surface area contributed by atoms with Crippen molar-refractivity contribution in [3.05, 3.63) is 35.1 Å². The fourth-order valence-electron chi connectivity index (χ4n) is 1.06. The Bertz CT molecular complexity index is 425. The van der Waals surface area contributed by atoms with Gasteiger partial charge in [0.2, 0.25) is 0 Å². The lowest BCUT2D eigenvalue weighted by atomic mass is 10.1. The lowest BCUT2D eigenvalue weighted by Crippen LogP contribution is -2.01. The Labute approximate surface area is 92.3 Å². The van der Waals surface area contributed by atoms with Crippen molar-refractivity contribution >= 4 is 11.7 Å². The highest BCUT2D eigenvalue weighted by atomic mass is 19.1. The van der Waals surface area contributed by atoms with Crippen molar-refractivity contribution in [1.29, 1.82) is 0 Å². The molecule has 0 aromatic heterocycles. The molecule has 0 aliphatic heterocycles. The van der Waals surface area contributed by atoms with Crippen LogP contribution in [0, 0.1) is 5.82 Å². The molecule has 0 bridgehead atoms. The van der Waals surface area contributed by atoms with E-state index in [-0.39, 0.29) is 12.2 Å². The standard InChI is InChI=1S/C11H12FNO3/c1-7(2)13-16-6-8-3-4-9(11(14)15)10(12)5-8/h3-5H,6H2,1-2H3,(H,14,15). The summed E-state index contributed by atoms with van der Waals surface area (Å²) in [6.45, 7) is 3.66. The van der Waals surface area contributed by atoms with E-state index >= 15 is 0 Å². The van der Waals surface area contributed by atoms with Crippen LogP contribution < -0.4 is 0 Å². The summed E-state index contributed by atoms with van der Waals surface area (Å²) in [5, 5.41) is 12.3. The Morgan fingerprint density at radius 3 is 2.69 bits per heavy atom. The van der Waals surface area contributed by atoms with Crippen LogP contribution in [0.5, 0.6) is 0 Å². The first-order valence-corrected chi connectivity index (χ1v) is 4.65. The van der Waals surface area contributed by atoms with E-state index in [1.807, 2.05) is 0 Å². The quantitative estimate of drug-likeness (QED) is 0.632. The fraction of sp³-hybridized carbons (Fsp3) is 0.273. The van der Waals surface area contributed by atoms with Gasteiger partial charge in [-0.05, 0) is 31.5 Å². The van der Waals surface area contributed by atoms with E-state index in [1.54, 1.807) is 13.8 Å². The van der Waals surface area contributed by atoms with Crippen LogP contribution in [0.1, 0.15) is 29.8 Å². The van der Waals surface area contributed by atoms with Crippen molar-refractivity contribution in [1.82, 2.24) is 0 Å². The van der Waals surface area contributed by atoms with Crippen molar-refractivity contribution in [2.24, 2.45) is 5.16 Å². The zero-order valence-corrected chi connectivity index (χ0v) is 9.03. The van der Waals surface area contributed by atoms with Crippen LogP contribution in [0.15, 0.2) is 23.4 Å². The normalized spacial score (nSPS) is 9.69. The maximum atomic E-state index is 13.2. The number of oxime groups is 1. The number of halogens is 1. The van der Waals surface area contributed by atoms with Gasteiger partial charge in [-0.25, -0.2) is 9.18 Å². The van der Waals surface area contributed by atoms with Gasteiger partial charge in [0.25, 0.3) is 0 Å². The summed E-state index contributed by atoms with van der Waals surface area (Å²) in [4.78, 5) is 15.5. The minimum Gasteiger partial charge on any atom is -0.478 e. The van der Waals surface area contributed by atoms with Gasteiger partial charge in [-0.2, -0.15) is 0 Å². The largest absolute Gasteiger partial charge is 0.478 e. The second kappa shape index (κ2) is 5.25. The molecular weight excluding hydrogens is 213 g/mol. The molecule has 1 aromatic carbocycles. The van der Waals surface area contributed by atoms with Crippen molar-refractivity contribution in [2.75, 3.05) is 0 Å². The number of carboxylic acids is 1. The van der Waals surface area contributed by atoms with Gasteiger partial charge in [-0.3, -0.25) is 0 Å². The minimum atomic E-state index is -1.28. The maximum absolute atomic E-state index is 13.2. The Morgan fingerprint density at radius 2 is 2.19 bits per heavy atom. The second-order valence-electron chi connectivity index (χ2n) is 3.43. The zero-order chi connectivity index (χ0) is 12.1. The lowest BCUT2D eigenvalue weighted by molar-refractivity contribution is 0.0691. The third-order valence-electron chi connectivity index (χ3n) is 1.74. The molecule has 0 aliphatic carbocycles. The molecule has 1 N–H and O–H groups in total. The first kappa shape index (κ1) is 12.2. The van der Waals surface area contributed by atoms with Gasteiger partial charge in [0.1, 0.15) is 12.4 Å². The fourth-order valence-corrected chi connectivity index (χ4v) is 1.06. The van der Waals surface area contributed by atoms with Crippen LogP contribution in [-0.2, 0) is 11.4 Å². The molecule has 16 heavy (non-hydrogen) atoms. The van der Waals surface area contributed by atoms with E-state index in [0.29, 0.717) is 5.56 Å². The Kier molecular flexibility index (Phi) is 3.99. The highest BCUT2D eigenvalue weighted by Crippen LogP contribution is 2.11. The summed E-state index contributed by atoms with van der Waals surface area (Å²) in [5.41, 5.74) is 0.939. The molecule has 1 rings (SSSR count). The van der Waals surface area contributed by atoms with Crippen LogP contribution in [0.25, 0.3) is 0 Å². The third kappa shape index (κ3) is 3.34. The Balaban J connectivity index is 2.74. The van der Waals surface area contributed by atoms with Crippen LogP contribution >= 0.6 is 0 Å². The summed E-state index contributed by atoms with van der Waals surface area (Å²) >= 11 is 0. The number of benzene rings is 1. The molecule has 4 nitrogen and oxygen atoms in total. The average molecular weight is 225 g/mol. The summed E-state index contributed by atoms with van der Waals surface area (Å²) < 4.78 is 13.2. The van der Waals surface area contributed by atoms with Gasteiger partial charge in [-0.1, -0.05) is 11.2 Å². The van der Waals surface area contributed by atoms with Gasteiger partial charge in [0.05, 0.1) is 11.3 Å². The highest BCUT2D eigenvalue weighted by Gasteiger charge is 2.10. The average Bonchev–Trinajstić information content (AvgIpc) is 2.16. The monoisotopic (exact) mass is 225 g/mol. The summed E-state index contributed by atoms with van der Waals surface area (Å²) in [6, 6.07) is 3.83. The number of hydrogen-bond acceptors (Lipinski definition) is 3. The SMILES string of the molecule is CC(C)=NOCc1ccc(C(=O)O)c(F)c1. The molecule has 0 spiro atoms. The number of nitrogens with zero attached hydrogens (tertiary/aromatic N) is 1. The number of aromatic carboxylic acids is 1. The van der Waals surface area contributed by atoms with Crippen LogP contribution in [0.3, 0.4) is 0 Å².